The summed E-state index contributed by atoms with van der Waals surface area (Å²) in [6, 6.07) is 7.20. The highest BCUT2D eigenvalue weighted by Crippen LogP contribution is 2.33. The number of imidazole rings is 1. The van der Waals surface area contributed by atoms with E-state index in [1.807, 2.05) is 35.6 Å². The van der Waals surface area contributed by atoms with Gasteiger partial charge in [0.1, 0.15) is 41.1 Å². The van der Waals surface area contributed by atoms with Crippen molar-refractivity contribution in [3.63, 3.8) is 0 Å². The molecule has 0 spiro atoms. The lowest BCUT2D eigenvalue weighted by Crippen LogP contribution is -2.28. The van der Waals surface area contributed by atoms with Crippen LogP contribution in [0.2, 0.25) is 0 Å². The Bertz CT molecular complexity index is 1320. The van der Waals surface area contributed by atoms with Gasteiger partial charge in [-0.25, -0.2) is 24.9 Å². The van der Waals surface area contributed by atoms with Gasteiger partial charge in [-0.3, -0.25) is 0 Å². The molecule has 0 aliphatic rings. The van der Waals surface area contributed by atoms with Gasteiger partial charge in [-0.15, -0.1) is 0 Å². The fourth-order valence-corrected chi connectivity index (χ4v) is 3.37. The van der Waals surface area contributed by atoms with E-state index in [1.165, 1.54) is 6.33 Å². The monoisotopic (exact) mass is 430 g/mol. The quantitative estimate of drug-likeness (QED) is 0.414. The molecular weight excluding hydrogens is 408 g/mol. The molecule has 0 aromatic carbocycles. The zero-order valence-corrected chi connectivity index (χ0v) is 17.9. The molecule has 0 saturated heterocycles. The number of nitriles is 1. The third-order valence-electron chi connectivity index (χ3n) is 4.82. The molecule has 4 rings (SSSR count). The number of fused-ring (bicyclic) bond motifs is 1. The first kappa shape index (κ1) is 21.0. The number of anilines is 5. The lowest BCUT2D eigenvalue weighted by Gasteiger charge is -2.27. The molecule has 0 aliphatic heterocycles. The summed E-state index contributed by atoms with van der Waals surface area (Å²) < 4.78 is 1.81. The van der Waals surface area contributed by atoms with Crippen LogP contribution in [0.25, 0.3) is 11.2 Å². The van der Waals surface area contributed by atoms with Gasteiger partial charge < -0.3 is 25.6 Å². The van der Waals surface area contributed by atoms with E-state index >= 15 is 0 Å². The zero-order valence-electron chi connectivity index (χ0n) is 17.9. The highest BCUT2D eigenvalue weighted by molar-refractivity contribution is 5.90. The van der Waals surface area contributed by atoms with E-state index < -0.39 is 6.10 Å². The number of aliphatic hydroxyl groups is 1. The van der Waals surface area contributed by atoms with Gasteiger partial charge in [0.15, 0.2) is 5.65 Å². The number of aromatic nitrogens is 6. The normalized spacial score (nSPS) is 11.8. The summed E-state index contributed by atoms with van der Waals surface area (Å²) in [5.74, 6) is 1.42. The van der Waals surface area contributed by atoms with Crippen molar-refractivity contribution in [1.29, 1.82) is 5.26 Å². The maximum Gasteiger partial charge on any atom is 0.164 e. The van der Waals surface area contributed by atoms with Crippen molar-refractivity contribution in [1.82, 2.24) is 29.5 Å². The number of aliphatic hydroxyl groups excluding tert-OH is 1. The van der Waals surface area contributed by atoms with E-state index in [0.717, 1.165) is 11.3 Å². The van der Waals surface area contributed by atoms with Crippen LogP contribution >= 0.6 is 0 Å². The van der Waals surface area contributed by atoms with Crippen molar-refractivity contribution in [2.24, 2.45) is 7.05 Å². The Morgan fingerprint density at radius 3 is 2.75 bits per heavy atom. The molecule has 4 aromatic heterocycles. The molecule has 4 N–H and O–H groups in total. The van der Waals surface area contributed by atoms with Crippen LogP contribution in [-0.2, 0) is 7.05 Å². The van der Waals surface area contributed by atoms with Crippen molar-refractivity contribution < 1.29 is 5.11 Å². The van der Waals surface area contributed by atoms with E-state index in [0.29, 0.717) is 40.0 Å². The van der Waals surface area contributed by atoms with Crippen LogP contribution in [0, 0.1) is 18.3 Å². The average molecular weight is 430 g/mol. The fourth-order valence-electron chi connectivity index (χ4n) is 3.37. The van der Waals surface area contributed by atoms with Gasteiger partial charge in [0.05, 0.1) is 36.5 Å². The van der Waals surface area contributed by atoms with Gasteiger partial charge in [-0.05, 0) is 25.5 Å². The Labute approximate surface area is 184 Å². The van der Waals surface area contributed by atoms with E-state index in [4.69, 9.17) is 16.0 Å². The molecule has 1 atom stereocenters. The van der Waals surface area contributed by atoms with Gasteiger partial charge in [0.25, 0.3) is 0 Å². The largest absolute Gasteiger partial charge is 0.392 e. The van der Waals surface area contributed by atoms with Gasteiger partial charge in [-0.1, -0.05) is 0 Å². The Balaban J connectivity index is 1.87. The minimum absolute atomic E-state index is 0.269. The van der Waals surface area contributed by atoms with E-state index in [1.54, 1.807) is 31.6 Å². The van der Waals surface area contributed by atoms with Crippen LogP contribution in [0.3, 0.4) is 0 Å². The lowest BCUT2D eigenvalue weighted by atomic mass is 10.2. The Hall–Kier alpha value is -4.30. The van der Waals surface area contributed by atoms with Gasteiger partial charge in [0, 0.05) is 19.2 Å². The summed E-state index contributed by atoms with van der Waals surface area (Å²) in [4.78, 5) is 23.4. The first-order valence-corrected chi connectivity index (χ1v) is 9.84. The molecule has 0 radical (unpaired) electrons. The third-order valence-corrected chi connectivity index (χ3v) is 4.82. The molecular formula is C21H22N10O. The van der Waals surface area contributed by atoms with Crippen LogP contribution in [-0.4, -0.2) is 47.2 Å². The molecule has 0 amide bonds. The second-order valence-corrected chi connectivity index (χ2v) is 7.44. The predicted molar refractivity (Wildman–Crippen MR) is 121 cm³/mol. The highest BCUT2D eigenvalue weighted by Gasteiger charge is 2.20. The first-order chi connectivity index (χ1) is 15.4. The number of rotatable bonds is 6. The van der Waals surface area contributed by atoms with E-state index in [-0.39, 0.29) is 6.54 Å². The summed E-state index contributed by atoms with van der Waals surface area (Å²) >= 11 is 0. The molecule has 11 nitrogen and oxygen atoms in total. The van der Waals surface area contributed by atoms with Crippen LogP contribution in [0.5, 0.6) is 0 Å². The van der Waals surface area contributed by atoms with E-state index in [2.05, 4.69) is 25.3 Å². The minimum atomic E-state index is -0.646. The average Bonchev–Trinajstić information content (AvgIpc) is 3.13. The van der Waals surface area contributed by atoms with Crippen molar-refractivity contribution in [3.05, 3.63) is 48.3 Å². The molecule has 4 heterocycles. The molecule has 0 bridgehead atoms. The molecule has 0 saturated carbocycles. The number of hydrogen-bond acceptors (Lipinski definition) is 10. The lowest BCUT2D eigenvalue weighted by molar-refractivity contribution is 0.203. The molecule has 162 valence electrons. The standard InChI is InChI=1S/C21H22N10O/c1-12-4-14(7-22)24-8-16(12)31(9-13(2)32)19-5-15(20-21(29-19)30(3)11-27-20)28-18-6-17(23)25-10-26-18/h4-6,8,10-11,13,32H,9H2,1-3H3,(H3,23,25,26,28,29). The summed E-state index contributed by atoms with van der Waals surface area (Å²) in [5.41, 5.74) is 9.64. The number of hydrogen-bond donors (Lipinski definition) is 3. The third kappa shape index (κ3) is 4.12. The summed E-state index contributed by atoms with van der Waals surface area (Å²) in [6.07, 6.45) is 4.02. The maximum atomic E-state index is 10.2. The van der Waals surface area contributed by atoms with Gasteiger partial charge in [0.2, 0.25) is 0 Å². The number of nitrogens with zero attached hydrogens (tertiary/aromatic N) is 8. The fraction of sp³-hybridized carbons (Fsp3) is 0.238. The molecule has 0 aliphatic carbocycles. The SMILES string of the molecule is Cc1cc(C#N)ncc1N(CC(C)O)c1cc(Nc2cc(N)ncn2)c2ncn(C)c2n1. The van der Waals surface area contributed by atoms with Crippen LogP contribution < -0.4 is 16.0 Å². The minimum Gasteiger partial charge on any atom is -0.392 e. The number of aryl methyl sites for hydroxylation is 2. The Morgan fingerprint density at radius 2 is 2.06 bits per heavy atom. The molecule has 0 fully saturated rings. The molecule has 4 aromatic rings. The van der Waals surface area contributed by atoms with E-state index in [9.17, 15) is 5.11 Å². The Kier molecular flexibility index (Phi) is 5.53. The van der Waals surface area contributed by atoms with Crippen molar-refractivity contribution in [3.8, 4) is 6.07 Å². The maximum absolute atomic E-state index is 10.2. The van der Waals surface area contributed by atoms with Crippen molar-refractivity contribution in [2.45, 2.75) is 20.0 Å². The van der Waals surface area contributed by atoms with Crippen molar-refractivity contribution in [2.75, 3.05) is 22.5 Å². The van der Waals surface area contributed by atoms with Gasteiger partial charge >= 0.3 is 0 Å². The van der Waals surface area contributed by atoms with Crippen LogP contribution in [0.1, 0.15) is 18.2 Å². The second-order valence-electron chi connectivity index (χ2n) is 7.44. The predicted octanol–water partition coefficient (Wildman–Crippen LogP) is 2.18. The topological polar surface area (TPSA) is 155 Å². The summed E-state index contributed by atoms with van der Waals surface area (Å²) in [6.45, 7) is 3.85. The smallest absolute Gasteiger partial charge is 0.164 e. The van der Waals surface area contributed by atoms with Crippen LogP contribution in [0.4, 0.5) is 28.8 Å². The Morgan fingerprint density at radius 1 is 1.25 bits per heavy atom. The summed E-state index contributed by atoms with van der Waals surface area (Å²) in [7, 11) is 1.85. The first-order valence-electron chi connectivity index (χ1n) is 9.84. The van der Waals surface area contributed by atoms with Gasteiger partial charge in [-0.2, -0.15) is 5.26 Å². The highest BCUT2D eigenvalue weighted by atomic mass is 16.3. The van der Waals surface area contributed by atoms with Crippen LogP contribution in [0.15, 0.2) is 37.1 Å². The summed E-state index contributed by atoms with van der Waals surface area (Å²) in [5, 5.41) is 22.6. The van der Waals surface area contributed by atoms with Crippen molar-refractivity contribution >= 4 is 40.0 Å². The number of nitrogen functional groups attached to an aromatic ring is 1. The molecule has 1 unspecified atom stereocenters. The number of nitrogens with one attached hydrogen (secondary N) is 1. The number of pyridine rings is 2. The molecule has 11 heteroatoms. The number of nitrogens with two attached hydrogens (primary N) is 1. The second kappa shape index (κ2) is 8.44. The zero-order chi connectivity index (χ0) is 22.8. The molecule has 32 heavy (non-hydrogen) atoms.